The van der Waals surface area contributed by atoms with Crippen LogP contribution in [-0.4, -0.2) is 36.6 Å². The van der Waals surface area contributed by atoms with Crippen LogP contribution < -0.4 is 5.32 Å². The number of methoxy groups -OCH3 is 1. The molecule has 0 spiro atoms. The zero-order valence-electron chi connectivity index (χ0n) is 16.4. The zero-order chi connectivity index (χ0) is 19.7. The number of hydrogen-bond donors (Lipinski definition) is 1. The van der Waals surface area contributed by atoms with Gasteiger partial charge in [-0.2, -0.15) is 0 Å². The summed E-state index contributed by atoms with van der Waals surface area (Å²) in [5.74, 6) is 1.31. The molecule has 4 aliphatic carbocycles. The molecule has 1 heterocycles. The lowest BCUT2D eigenvalue weighted by Crippen LogP contribution is -2.61. The molecule has 4 saturated carbocycles. The molecule has 5 aliphatic rings. The zero-order valence-corrected chi connectivity index (χ0v) is 17.2. The molecule has 6 heteroatoms. The number of ether oxygens (including phenoxy) is 1. The van der Waals surface area contributed by atoms with Crippen LogP contribution in [0, 0.1) is 23.2 Å². The normalized spacial score (nSPS) is 41.2. The quantitative estimate of drug-likeness (QED) is 0.779. The summed E-state index contributed by atoms with van der Waals surface area (Å²) in [6.07, 6.45) is 4.90. The fourth-order valence-electron chi connectivity index (χ4n) is 7.03. The average Bonchev–Trinajstić information content (AvgIpc) is 2.95. The van der Waals surface area contributed by atoms with Gasteiger partial charge < -0.3 is 15.0 Å². The van der Waals surface area contributed by atoms with Crippen molar-refractivity contribution in [3.8, 4) is 0 Å². The molecular formula is C22H27ClN2O3. The number of esters is 1. The van der Waals surface area contributed by atoms with Crippen molar-refractivity contribution in [2.24, 2.45) is 23.2 Å². The largest absolute Gasteiger partial charge is 0.469 e. The third-order valence-electron chi connectivity index (χ3n) is 7.80. The molecule has 28 heavy (non-hydrogen) atoms. The van der Waals surface area contributed by atoms with Gasteiger partial charge in [-0.25, -0.2) is 4.79 Å². The van der Waals surface area contributed by atoms with E-state index in [9.17, 15) is 9.59 Å². The van der Waals surface area contributed by atoms with Crippen LogP contribution in [0.2, 0.25) is 5.02 Å². The van der Waals surface area contributed by atoms with E-state index in [0.29, 0.717) is 29.3 Å². The summed E-state index contributed by atoms with van der Waals surface area (Å²) in [4.78, 5) is 27.6. The van der Waals surface area contributed by atoms with E-state index >= 15 is 0 Å². The van der Waals surface area contributed by atoms with E-state index in [-0.39, 0.29) is 23.5 Å². The van der Waals surface area contributed by atoms with Crippen molar-refractivity contribution in [2.45, 2.75) is 50.6 Å². The molecule has 6 rings (SSSR count). The van der Waals surface area contributed by atoms with Crippen molar-refractivity contribution >= 4 is 23.6 Å². The van der Waals surface area contributed by atoms with Gasteiger partial charge in [0, 0.05) is 17.6 Å². The highest BCUT2D eigenvalue weighted by Gasteiger charge is 2.61. The Kier molecular flexibility index (Phi) is 4.00. The Labute approximate surface area is 170 Å². The molecule has 4 bridgehead atoms. The minimum Gasteiger partial charge on any atom is -0.469 e. The fourth-order valence-corrected chi connectivity index (χ4v) is 7.38. The van der Waals surface area contributed by atoms with Gasteiger partial charge in [-0.05, 0) is 68.4 Å². The fraction of sp³-hybridized carbons (Fsp3) is 0.636. The van der Waals surface area contributed by atoms with Gasteiger partial charge in [0.15, 0.2) is 0 Å². The number of amides is 2. The van der Waals surface area contributed by atoms with Crippen LogP contribution in [-0.2, 0) is 15.1 Å². The first-order valence-electron chi connectivity index (χ1n) is 10.3. The lowest BCUT2D eigenvalue weighted by molar-refractivity contribution is -0.174. The van der Waals surface area contributed by atoms with E-state index in [0.717, 1.165) is 37.7 Å². The molecule has 5 fully saturated rings. The lowest BCUT2D eigenvalue weighted by Gasteiger charge is -2.60. The van der Waals surface area contributed by atoms with Gasteiger partial charge >= 0.3 is 12.0 Å². The number of rotatable bonds is 3. The standard InChI is InChI=1S/C22H27ClN2O3/c1-21(16-5-3-4-6-17(16)23)12-25(20(27)24-21)18-14-7-13-8-15(18)11-22(9-13,10-14)19(26)28-2/h3-6,13-15,18H,7-12H2,1-2H3,(H,24,27). The monoisotopic (exact) mass is 402 g/mol. The Hall–Kier alpha value is -1.75. The molecular weight excluding hydrogens is 376 g/mol. The summed E-state index contributed by atoms with van der Waals surface area (Å²) in [7, 11) is 1.50. The first kappa shape index (κ1) is 18.3. The van der Waals surface area contributed by atoms with Gasteiger partial charge in [-0.15, -0.1) is 0 Å². The van der Waals surface area contributed by atoms with Crippen molar-refractivity contribution < 1.29 is 14.3 Å². The van der Waals surface area contributed by atoms with E-state index in [1.165, 1.54) is 7.11 Å². The van der Waals surface area contributed by atoms with Crippen LogP contribution in [0.3, 0.4) is 0 Å². The van der Waals surface area contributed by atoms with Gasteiger partial charge in [0.1, 0.15) is 0 Å². The maximum Gasteiger partial charge on any atom is 0.318 e. The van der Waals surface area contributed by atoms with Gasteiger partial charge in [-0.3, -0.25) is 4.79 Å². The molecule has 3 atom stereocenters. The summed E-state index contributed by atoms with van der Waals surface area (Å²) in [6, 6.07) is 7.94. The molecule has 1 aromatic carbocycles. The maximum atomic E-state index is 13.0. The molecule has 150 valence electrons. The SMILES string of the molecule is COC(=O)C12CC3CC(C1)C(N1CC(C)(c4ccccc4Cl)NC1=O)C(C3)C2. The van der Waals surface area contributed by atoms with Crippen LogP contribution in [0.15, 0.2) is 24.3 Å². The van der Waals surface area contributed by atoms with Crippen molar-refractivity contribution in [3.05, 3.63) is 34.9 Å². The number of carbonyl (C=O) groups excluding carboxylic acids is 2. The second-order valence-corrected chi connectivity index (χ2v) is 10.0. The molecule has 1 aliphatic heterocycles. The van der Waals surface area contributed by atoms with E-state index in [2.05, 4.69) is 12.2 Å². The summed E-state index contributed by atoms with van der Waals surface area (Å²) in [5.41, 5.74) is 0.149. The highest BCUT2D eigenvalue weighted by Crippen LogP contribution is 2.61. The summed E-state index contributed by atoms with van der Waals surface area (Å²) in [5, 5.41) is 3.88. The molecule has 3 unspecified atom stereocenters. The maximum absolute atomic E-state index is 13.0. The molecule has 5 nitrogen and oxygen atoms in total. The molecule has 0 radical (unpaired) electrons. The Morgan fingerprint density at radius 3 is 2.54 bits per heavy atom. The Bertz CT molecular complexity index is 827. The Morgan fingerprint density at radius 1 is 1.21 bits per heavy atom. The molecule has 2 amide bonds. The number of hydrogen-bond acceptors (Lipinski definition) is 3. The first-order chi connectivity index (χ1) is 13.3. The van der Waals surface area contributed by atoms with Crippen LogP contribution in [0.5, 0.6) is 0 Å². The first-order valence-corrected chi connectivity index (χ1v) is 10.7. The second kappa shape index (κ2) is 6.12. The van der Waals surface area contributed by atoms with E-state index < -0.39 is 5.54 Å². The van der Waals surface area contributed by atoms with Crippen molar-refractivity contribution in [1.82, 2.24) is 10.2 Å². The van der Waals surface area contributed by atoms with E-state index in [4.69, 9.17) is 16.3 Å². The van der Waals surface area contributed by atoms with Crippen molar-refractivity contribution in [1.29, 1.82) is 0 Å². The molecule has 1 saturated heterocycles. The van der Waals surface area contributed by atoms with Crippen LogP contribution >= 0.6 is 11.6 Å². The second-order valence-electron chi connectivity index (χ2n) is 9.60. The lowest BCUT2D eigenvalue weighted by atomic mass is 9.47. The topological polar surface area (TPSA) is 58.6 Å². The number of urea groups is 1. The summed E-state index contributed by atoms with van der Waals surface area (Å²) in [6.45, 7) is 2.67. The number of nitrogens with one attached hydrogen (secondary N) is 1. The van der Waals surface area contributed by atoms with Gasteiger partial charge in [0.2, 0.25) is 0 Å². The van der Waals surface area contributed by atoms with Crippen LogP contribution in [0.4, 0.5) is 4.79 Å². The number of nitrogens with zero attached hydrogens (tertiary/aromatic N) is 1. The molecule has 0 aromatic heterocycles. The summed E-state index contributed by atoms with van der Waals surface area (Å²) < 4.78 is 5.17. The smallest absolute Gasteiger partial charge is 0.318 e. The predicted octanol–water partition coefficient (Wildman–Crippen LogP) is 3.95. The number of halogens is 1. The molecule has 1 aromatic rings. The van der Waals surface area contributed by atoms with E-state index in [1.54, 1.807) is 0 Å². The van der Waals surface area contributed by atoms with Crippen LogP contribution in [0.1, 0.15) is 44.6 Å². The minimum atomic E-state index is -0.496. The third kappa shape index (κ3) is 2.51. The minimum absolute atomic E-state index is 0.00740. The highest BCUT2D eigenvalue weighted by molar-refractivity contribution is 6.31. The number of carbonyl (C=O) groups is 2. The summed E-state index contributed by atoms with van der Waals surface area (Å²) >= 11 is 6.44. The molecule has 1 N–H and O–H groups in total. The van der Waals surface area contributed by atoms with Crippen LogP contribution in [0.25, 0.3) is 0 Å². The third-order valence-corrected chi connectivity index (χ3v) is 8.13. The van der Waals surface area contributed by atoms with Gasteiger partial charge in [0.25, 0.3) is 0 Å². The Morgan fingerprint density at radius 2 is 1.89 bits per heavy atom. The Balaban J connectivity index is 1.43. The van der Waals surface area contributed by atoms with Crippen molar-refractivity contribution in [3.63, 3.8) is 0 Å². The van der Waals surface area contributed by atoms with Gasteiger partial charge in [-0.1, -0.05) is 29.8 Å². The van der Waals surface area contributed by atoms with Gasteiger partial charge in [0.05, 0.1) is 18.1 Å². The average molecular weight is 403 g/mol. The highest BCUT2D eigenvalue weighted by atomic mass is 35.5. The van der Waals surface area contributed by atoms with E-state index in [1.807, 2.05) is 29.2 Å². The number of benzene rings is 1. The van der Waals surface area contributed by atoms with Crippen molar-refractivity contribution in [2.75, 3.05) is 13.7 Å². The predicted molar refractivity (Wildman–Crippen MR) is 106 cm³/mol.